The monoisotopic (exact) mass is 202 g/mol. The normalized spacial score (nSPS) is 53.7. The van der Waals surface area contributed by atoms with Gasteiger partial charge in [-0.15, -0.1) is 0 Å². The first-order valence-corrected chi connectivity index (χ1v) is 5.74. The van der Waals surface area contributed by atoms with Crippen LogP contribution < -0.4 is 0 Å². The van der Waals surface area contributed by atoms with Gasteiger partial charge >= 0.3 is 0 Å². The molecule has 0 aromatic carbocycles. The van der Waals surface area contributed by atoms with Gasteiger partial charge in [0.05, 0.1) is 7.11 Å². The van der Waals surface area contributed by atoms with Crippen LogP contribution in [0.1, 0.15) is 19.3 Å². The van der Waals surface area contributed by atoms with Gasteiger partial charge < -0.3 is 4.74 Å². The fourth-order valence-corrected chi connectivity index (χ4v) is 4.69. The standard InChI is InChI=1S/C13H14O2/c1-15-9-3-2-5-12-6-4-8-7-13(9,12)11(12)10(8)14/h2-3,5,8,11H,4,6-7H2,1H3/t8-,11?,12-,13-/m0/s1. The van der Waals surface area contributed by atoms with Gasteiger partial charge in [0.1, 0.15) is 11.5 Å². The molecule has 0 aromatic heterocycles. The Hall–Kier alpha value is -1.05. The number of carbonyl (C=O) groups excluding carboxylic acids is 1. The van der Waals surface area contributed by atoms with Crippen molar-refractivity contribution in [2.24, 2.45) is 22.7 Å². The minimum atomic E-state index is 0.0938. The van der Waals surface area contributed by atoms with Gasteiger partial charge in [0.15, 0.2) is 0 Å². The Morgan fingerprint density at radius 3 is 3.20 bits per heavy atom. The van der Waals surface area contributed by atoms with E-state index in [1.54, 1.807) is 7.11 Å². The van der Waals surface area contributed by atoms with Gasteiger partial charge in [-0.3, -0.25) is 4.79 Å². The van der Waals surface area contributed by atoms with Crippen LogP contribution in [0.3, 0.4) is 0 Å². The van der Waals surface area contributed by atoms with Gasteiger partial charge in [0.25, 0.3) is 0 Å². The number of methoxy groups -OCH3 is 1. The molecule has 4 saturated carbocycles. The van der Waals surface area contributed by atoms with Crippen molar-refractivity contribution in [2.45, 2.75) is 19.3 Å². The lowest BCUT2D eigenvalue weighted by Gasteiger charge is -2.34. The highest BCUT2D eigenvalue weighted by Crippen LogP contribution is 2.85. The molecule has 4 atom stereocenters. The highest BCUT2D eigenvalue weighted by atomic mass is 16.5. The van der Waals surface area contributed by atoms with Crippen molar-refractivity contribution >= 4 is 5.78 Å². The number of hydrogen-bond donors (Lipinski definition) is 0. The number of hydrogen-bond acceptors (Lipinski definition) is 2. The Bertz CT molecular complexity index is 434. The van der Waals surface area contributed by atoms with Crippen molar-refractivity contribution in [1.82, 2.24) is 0 Å². The maximum Gasteiger partial charge on any atom is 0.141 e. The van der Waals surface area contributed by atoms with Crippen molar-refractivity contribution in [3.63, 3.8) is 0 Å². The summed E-state index contributed by atoms with van der Waals surface area (Å²) < 4.78 is 5.50. The topological polar surface area (TPSA) is 26.3 Å². The van der Waals surface area contributed by atoms with Crippen LogP contribution >= 0.6 is 0 Å². The third-order valence-electron chi connectivity index (χ3n) is 5.22. The van der Waals surface area contributed by atoms with E-state index in [9.17, 15) is 4.79 Å². The van der Waals surface area contributed by atoms with E-state index in [1.165, 1.54) is 6.42 Å². The molecular weight excluding hydrogens is 188 g/mol. The number of Topliss-reactive ketones (excluding diaryl/α,β-unsaturated/α-hetero) is 1. The van der Waals surface area contributed by atoms with Gasteiger partial charge in [0.2, 0.25) is 0 Å². The Labute approximate surface area is 89.0 Å². The number of rotatable bonds is 1. The minimum Gasteiger partial charge on any atom is -0.500 e. The van der Waals surface area contributed by atoms with Crippen LogP contribution in [0, 0.1) is 22.7 Å². The van der Waals surface area contributed by atoms with Crippen molar-refractivity contribution < 1.29 is 9.53 Å². The summed E-state index contributed by atoms with van der Waals surface area (Å²) in [7, 11) is 1.74. The molecular formula is C13H14O2. The van der Waals surface area contributed by atoms with Crippen LogP contribution in [0.4, 0.5) is 0 Å². The molecule has 5 rings (SSSR count). The fraction of sp³-hybridized carbons (Fsp3) is 0.615. The Morgan fingerprint density at radius 2 is 2.40 bits per heavy atom. The molecule has 0 heterocycles. The smallest absolute Gasteiger partial charge is 0.141 e. The van der Waals surface area contributed by atoms with Crippen LogP contribution in [0.2, 0.25) is 0 Å². The molecule has 0 amide bonds. The number of ketones is 1. The largest absolute Gasteiger partial charge is 0.500 e. The fourth-order valence-electron chi connectivity index (χ4n) is 4.69. The summed E-state index contributed by atoms with van der Waals surface area (Å²) in [5.74, 6) is 2.16. The van der Waals surface area contributed by atoms with Crippen LogP contribution in [0.25, 0.3) is 0 Å². The lowest BCUT2D eigenvalue weighted by Crippen LogP contribution is -2.30. The van der Waals surface area contributed by atoms with Gasteiger partial charge in [-0.25, -0.2) is 0 Å². The van der Waals surface area contributed by atoms with Gasteiger partial charge in [0, 0.05) is 22.7 Å². The minimum absolute atomic E-state index is 0.0938. The predicted molar refractivity (Wildman–Crippen MR) is 54.9 cm³/mol. The zero-order valence-corrected chi connectivity index (χ0v) is 8.82. The van der Waals surface area contributed by atoms with E-state index < -0.39 is 0 Å². The molecule has 1 unspecified atom stereocenters. The molecule has 0 aromatic rings. The second kappa shape index (κ2) is 2.06. The maximum absolute atomic E-state index is 12.1. The van der Waals surface area contributed by atoms with Crippen molar-refractivity contribution in [2.75, 3.05) is 7.11 Å². The van der Waals surface area contributed by atoms with Crippen LogP contribution in [-0.4, -0.2) is 12.9 Å². The summed E-state index contributed by atoms with van der Waals surface area (Å²) >= 11 is 0. The summed E-state index contributed by atoms with van der Waals surface area (Å²) in [5, 5.41) is 0. The summed E-state index contributed by atoms with van der Waals surface area (Å²) in [6, 6.07) is 0. The van der Waals surface area contributed by atoms with E-state index in [-0.39, 0.29) is 16.7 Å². The average Bonchev–Trinajstić information content (AvgIpc) is 2.81. The number of ether oxygens (including phenoxy) is 1. The average molecular weight is 202 g/mol. The van der Waals surface area contributed by atoms with Crippen molar-refractivity contribution in [1.29, 1.82) is 0 Å². The second-order valence-corrected chi connectivity index (χ2v) is 5.38. The molecule has 0 saturated heterocycles. The lowest BCUT2D eigenvalue weighted by atomic mass is 9.70. The van der Waals surface area contributed by atoms with Crippen molar-refractivity contribution in [3.8, 4) is 0 Å². The molecule has 78 valence electrons. The molecule has 15 heavy (non-hydrogen) atoms. The Balaban J connectivity index is 1.93. The quantitative estimate of drug-likeness (QED) is 0.650. The van der Waals surface area contributed by atoms with E-state index in [1.807, 2.05) is 0 Å². The third-order valence-corrected chi connectivity index (χ3v) is 5.22. The van der Waals surface area contributed by atoms with Crippen LogP contribution in [-0.2, 0) is 9.53 Å². The zero-order chi connectivity index (χ0) is 10.3. The van der Waals surface area contributed by atoms with E-state index in [0.717, 1.165) is 18.6 Å². The van der Waals surface area contributed by atoms with Gasteiger partial charge in [-0.1, -0.05) is 12.2 Å². The van der Waals surface area contributed by atoms with Gasteiger partial charge in [-0.2, -0.15) is 0 Å². The molecule has 5 aliphatic rings. The number of allylic oxidation sites excluding steroid dienone is 4. The molecule has 2 nitrogen and oxygen atoms in total. The molecule has 5 aliphatic carbocycles. The third kappa shape index (κ3) is 0.575. The number of fused-ring (bicyclic) bond motifs is 1. The van der Waals surface area contributed by atoms with Crippen molar-refractivity contribution in [3.05, 3.63) is 24.0 Å². The van der Waals surface area contributed by atoms with Gasteiger partial charge in [-0.05, 0) is 25.3 Å². The first-order chi connectivity index (χ1) is 7.26. The van der Waals surface area contributed by atoms with Crippen LogP contribution in [0.15, 0.2) is 24.0 Å². The first kappa shape index (κ1) is 8.14. The van der Waals surface area contributed by atoms with Crippen LogP contribution in [0.5, 0.6) is 0 Å². The molecule has 2 spiro atoms. The van der Waals surface area contributed by atoms with E-state index in [0.29, 0.717) is 11.7 Å². The summed E-state index contributed by atoms with van der Waals surface area (Å²) in [4.78, 5) is 12.1. The molecule has 0 aliphatic heterocycles. The molecule has 0 N–H and O–H groups in total. The number of carbonyl (C=O) groups is 1. The highest BCUT2D eigenvalue weighted by Gasteiger charge is 2.86. The summed E-state index contributed by atoms with van der Waals surface area (Å²) in [6.07, 6.45) is 9.73. The predicted octanol–water partition coefficient (Wildman–Crippen LogP) is 2.07. The zero-order valence-electron chi connectivity index (χ0n) is 8.82. The lowest BCUT2D eigenvalue weighted by molar-refractivity contribution is -0.125. The summed E-state index contributed by atoms with van der Waals surface area (Å²) in [5.41, 5.74) is 0.259. The Kier molecular flexibility index (Phi) is 1.12. The Morgan fingerprint density at radius 1 is 1.53 bits per heavy atom. The molecule has 2 heteroatoms. The van der Waals surface area contributed by atoms with E-state index >= 15 is 0 Å². The first-order valence-electron chi connectivity index (χ1n) is 5.74. The summed E-state index contributed by atoms with van der Waals surface area (Å²) in [6.45, 7) is 0. The maximum atomic E-state index is 12.1. The molecule has 0 radical (unpaired) electrons. The SMILES string of the molecule is COC1=CC=C[C@@]23CC[C@H]4C[C@@]12C3C4=O. The van der Waals surface area contributed by atoms with E-state index in [4.69, 9.17) is 4.74 Å². The second-order valence-electron chi connectivity index (χ2n) is 5.38. The molecule has 4 fully saturated rings. The van der Waals surface area contributed by atoms with E-state index in [2.05, 4.69) is 18.2 Å². The molecule has 4 bridgehead atoms. The highest BCUT2D eigenvalue weighted by molar-refractivity contribution is 5.95.